The summed E-state index contributed by atoms with van der Waals surface area (Å²) in [5.74, 6) is 0.695. The minimum atomic E-state index is -0.136. The molecule has 11 rings (SSSR count). The third kappa shape index (κ3) is 5.12. The van der Waals surface area contributed by atoms with Crippen molar-refractivity contribution in [3.8, 4) is 67.3 Å². The van der Waals surface area contributed by atoms with Crippen LogP contribution in [0.5, 0.6) is 0 Å². The molecule has 56 heavy (non-hydrogen) atoms. The van der Waals surface area contributed by atoms with E-state index in [0.29, 0.717) is 5.82 Å². The summed E-state index contributed by atoms with van der Waals surface area (Å²) in [6.45, 7) is 4.71. The minimum Gasteiger partial charge on any atom is -0.456 e. The number of nitrogens with zero attached hydrogens (tertiary/aromatic N) is 2. The molecule has 264 valence electrons. The summed E-state index contributed by atoms with van der Waals surface area (Å²) < 4.78 is 6.14. The molecule has 0 N–H and O–H groups in total. The number of aromatic nitrogens is 2. The van der Waals surface area contributed by atoms with Gasteiger partial charge >= 0.3 is 0 Å². The molecule has 0 bridgehead atoms. The summed E-state index contributed by atoms with van der Waals surface area (Å²) in [7, 11) is 0. The number of furan rings is 1. The lowest BCUT2D eigenvalue weighted by molar-refractivity contribution is 0.661. The Labute approximate surface area is 325 Å². The minimum absolute atomic E-state index is 0.136. The van der Waals surface area contributed by atoms with E-state index in [1.807, 2.05) is 30.3 Å². The summed E-state index contributed by atoms with van der Waals surface area (Å²) in [4.78, 5) is 10.5. The second-order valence-electron chi connectivity index (χ2n) is 15.4. The molecule has 2 aromatic heterocycles. The fraction of sp³-hybridized carbons (Fsp3) is 0.0566. The van der Waals surface area contributed by atoms with Gasteiger partial charge in [0, 0.05) is 32.9 Å². The molecule has 8 aromatic carbocycles. The zero-order valence-electron chi connectivity index (χ0n) is 31.1. The third-order valence-corrected chi connectivity index (χ3v) is 11.7. The quantitative estimate of drug-likeness (QED) is 0.178. The lowest BCUT2D eigenvalue weighted by Gasteiger charge is -2.22. The number of hydrogen-bond acceptors (Lipinski definition) is 3. The Morgan fingerprint density at radius 3 is 1.91 bits per heavy atom. The molecule has 0 saturated carbocycles. The van der Waals surface area contributed by atoms with Crippen molar-refractivity contribution in [3.05, 3.63) is 193 Å². The molecule has 3 nitrogen and oxygen atoms in total. The number of benzene rings is 8. The summed E-state index contributed by atoms with van der Waals surface area (Å²) >= 11 is 0. The molecule has 1 aliphatic rings. The topological polar surface area (TPSA) is 38.9 Å². The molecule has 0 radical (unpaired) electrons. The van der Waals surface area contributed by atoms with Gasteiger partial charge in [-0.3, -0.25) is 0 Å². The van der Waals surface area contributed by atoms with Gasteiger partial charge in [0.1, 0.15) is 11.2 Å². The number of rotatable bonds is 5. The Morgan fingerprint density at radius 1 is 0.393 bits per heavy atom. The lowest BCUT2D eigenvalue weighted by Crippen LogP contribution is -2.14. The Hall–Kier alpha value is -7.10. The van der Waals surface area contributed by atoms with Crippen molar-refractivity contribution in [2.75, 3.05) is 0 Å². The van der Waals surface area contributed by atoms with Crippen molar-refractivity contribution >= 4 is 32.7 Å². The molecule has 2 heterocycles. The van der Waals surface area contributed by atoms with E-state index in [0.717, 1.165) is 66.7 Å². The normalized spacial score (nSPS) is 13.0. The second kappa shape index (κ2) is 12.5. The highest BCUT2D eigenvalue weighted by molar-refractivity contribution is 6.06. The zero-order valence-corrected chi connectivity index (χ0v) is 31.1. The monoisotopic (exact) mass is 716 g/mol. The van der Waals surface area contributed by atoms with Crippen molar-refractivity contribution < 1.29 is 4.42 Å². The molecule has 0 saturated heterocycles. The van der Waals surface area contributed by atoms with Crippen molar-refractivity contribution in [2.24, 2.45) is 0 Å². The van der Waals surface area contributed by atoms with E-state index in [9.17, 15) is 0 Å². The summed E-state index contributed by atoms with van der Waals surface area (Å²) in [5, 5.41) is 4.76. The molecular formula is C53H36N2O. The Kier molecular flexibility index (Phi) is 7.20. The summed E-state index contributed by atoms with van der Waals surface area (Å²) in [6, 6.07) is 64.8. The van der Waals surface area contributed by atoms with E-state index < -0.39 is 0 Å². The first-order valence-electron chi connectivity index (χ1n) is 19.2. The molecule has 0 aliphatic heterocycles. The van der Waals surface area contributed by atoms with Crippen molar-refractivity contribution in [1.29, 1.82) is 0 Å². The zero-order chi connectivity index (χ0) is 37.4. The smallest absolute Gasteiger partial charge is 0.160 e. The average molecular weight is 717 g/mol. The van der Waals surface area contributed by atoms with Crippen LogP contribution in [0.15, 0.2) is 186 Å². The Balaban J connectivity index is 1.08. The second-order valence-corrected chi connectivity index (χ2v) is 15.4. The molecule has 0 amide bonds. The fourth-order valence-electron chi connectivity index (χ4n) is 8.85. The lowest BCUT2D eigenvalue weighted by atomic mass is 9.81. The van der Waals surface area contributed by atoms with Gasteiger partial charge < -0.3 is 4.42 Å². The maximum atomic E-state index is 6.14. The van der Waals surface area contributed by atoms with Gasteiger partial charge in [0.05, 0.1) is 11.4 Å². The van der Waals surface area contributed by atoms with Crippen LogP contribution in [0.4, 0.5) is 0 Å². The fourth-order valence-corrected chi connectivity index (χ4v) is 8.85. The van der Waals surface area contributed by atoms with Crippen LogP contribution in [-0.4, -0.2) is 9.97 Å². The van der Waals surface area contributed by atoms with Gasteiger partial charge in [0.2, 0.25) is 0 Å². The van der Waals surface area contributed by atoms with E-state index in [1.54, 1.807) is 0 Å². The first kappa shape index (κ1) is 32.3. The van der Waals surface area contributed by atoms with Crippen LogP contribution < -0.4 is 0 Å². The van der Waals surface area contributed by atoms with Crippen LogP contribution in [0, 0.1) is 0 Å². The predicted molar refractivity (Wildman–Crippen MR) is 232 cm³/mol. The van der Waals surface area contributed by atoms with Gasteiger partial charge in [-0.1, -0.05) is 153 Å². The molecule has 3 heteroatoms. The van der Waals surface area contributed by atoms with Crippen LogP contribution in [0.3, 0.4) is 0 Å². The van der Waals surface area contributed by atoms with Crippen molar-refractivity contribution in [2.45, 2.75) is 19.3 Å². The summed E-state index contributed by atoms with van der Waals surface area (Å²) in [6.07, 6.45) is 0. The Bertz CT molecular complexity index is 3170. The highest BCUT2D eigenvalue weighted by atomic mass is 16.3. The van der Waals surface area contributed by atoms with Crippen LogP contribution in [-0.2, 0) is 5.41 Å². The van der Waals surface area contributed by atoms with Crippen LogP contribution in [0.1, 0.15) is 25.0 Å². The first-order valence-corrected chi connectivity index (χ1v) is 19.2. The predicted octanol–water partition coefficient (Wildman–Crippen LogP) is 14.2. The van der Waals surface area contributed by atoms with Gasteiger partial charge in [-0.25, -0.2) is 9.97 Å². The third-order valence-electron chi connectivity index (χ3n) is 11.7. The van der Waals surface area contributed by atoms with E-state index in [2.05, 4.69) is 166 Å². The van der Waals surface area contributed by atoms with Gasteiger partial charge in [-0.05, 0) is 97.7 Å². The maximum Gasteiger partial charge on any atom is 0.160 e. The molecule has 1 aliphatic carbocycles. The van der Waals surface area contributed by atoms with E-state index in [-0.39, 0.29) is 5.41 Å². The average Bonchev–Trinajstić information content (AvgIpc) is 3.74. The highest BCUT2D eigenvalue weighted by Gasteiger charge is 2.37. The van der Waals surface area contributed by atoms with Crippen molar-refractivity contribution in [1.82, 2.24) is 9.97 Å². The van der Waals surface area contributed by atoms with Gasteiger partial charge in [-0.15, -0.1) is 0 Å². The van der Waals surface area contributed by atoms with Gasteiger partial charge in [0.15, 0.2) is 5.82 Å². The SMILES string of the molecule is CC1(C)c2cc3ccccc3cc2-c2c(-c3ccccc3-c3cc(-c4cccc(-c5ccc6oc7ccccc7c6c5)c4)nc(-c4ccccc4)n3)cccc21. The molecular weight excluding hydrogens is 681 g/mol. The van der Waals surface area contributed by atoms with E-state index >= 15 is 0 Å². The highest BCUT2D eigenvalue weighted by Crippen LogP contribution is 2.54. The summed E-state index contributed by atoms with van der Waals surface area (Å²) in [5.41, 5.74) is 16.4. The largest absolute Gasteiger partial charge is 0.456 e. The Morgan fingerprint density at radius 2 is 1.04 bits per heavy atom. The van der Waals surface area contributed by atoms with Gasteiger partial charge in [0.25, 0.3) is 0 Å². The van der Waals surface area contributed by atoms with Crippen molar-refractivity contribution in [3.63, 3.8) is 0 Å². The number of fused-ring (bicyclic) bond motifs is 7. The molecule has 0 atom stereocenters. The number of para-hydroxylation sites is 1. The maximum absolute atomic E-state index is 6.14. The molecule has 0 unspecified atom stereocenters. The van der Waals surface area contributed by atoms with Crippen LogP contribution in [0.25, 0.3) is 100.0 Å². The first-order chi connectivity index (χ1) is 27.5. The molecule has 0 spiro atoms. The molecule has 0 fully saturated rings. The van der Waals surface area contributed by atoms with Gasteiger partial charge in [-0.2, -0.15) is 0 Å². The standard InChI is InChI=1S/C53H36N2O/c1-53(2)45-24-13-23-42(51(45)44-30-35-16-6-7-17-36(35)31-46(44)53)39-20-8-9-21-40(39)48-32-47(54-52(55-48)33-14-4-3-5-15-33)38-19-12-18-34(28-38)37-26-27-50-43(29-37)41-22-10-11-25-49(41)56-50/h3-32H,1-2H3. The number of hydrogen-bond donors (Lipinski definition) is 0. The molecule has 10 aromatic rings. The van der Waals surface area contributed by atoms with E-state index in [4.69, 9.17) is 14.4 Å². The van der Waals surface area contributed by atoms with Crippen LogP contribution >= 0.6 is 0 Å². The van der Waals surface area contributed by atoms with E-state index in [1.165, 1.54) is 38.6 Å². The van der Waals surface area contributed by atoms with Crippen LogP contribution in [0.2, 0.25) is 0 Å².